The van der Waals surface area contributed by atoms with Crippen LogP contribution in [-0.2, 0) is 0 Å². The van der Waals surface area contributed by atoms with Crippen LogP contribution in [0, 0.1) is 0 Å². The first-order valence-electron chi connectivity index (χ1n) is 6.67. The van der Waals surface area contributed by atoms with Crippen molar-refractivity contribution in [3.05, 3.63) is 23.8 Å². The van der Waals surface area contributed by atoms with Gasteiger partial charge in [-0.25, -0.2) is 4.99 Å². The molecule has 0 N–H and O–H groups in total. The average Bonchev–Trinajstić information content (AvgIpc) is 2.64. The highest BCUT2D eigenvalue weighted by atomic mass is 14.9. The van der Waals surface area contributed by atoms with Gasteiger partial charge in [-0.05, 0) is 43.4 Å². The molecule has 0 aromatic heterocycles. The molecule has 0 saturated heterocycles. The molecule has 0 aromatic carbocycles. The first-order chi connectivity index (χ1) is 8.20. The van der Waals surface area contributed by atoms with Crippen LogP contribution in [0.2, 0.25) is 0 Å². The molecular weight excluding hydrogens is 208 g/mol. The van der Waals surface area contributed by atoms with Crippen molar-refractivity contribution in [2.24, 2.45) is 9.98 Å². The van der Waals surface area contributed by atoms with Crippen LogP contribution in [0.15, 0.2) is 33.8 Å². The topological polar surface area (TPSA) is 24.7 Å². The number of nitrogens with zero attached hydrogens (tertiary/aromatic N) is 2. The predicted molar refractivity (Wildman–Crippen MR) is 79.2 cm³/mol. The molecule has 2 nitrogen and oxygen atoms in total. The molecule has 0 spiro atoms. The summed E-state index contributed by atoms with van der Waals surface area (Å²) in [5.41, 5.74) is 2.31. The van der Waals surface area contributed by atoms with Crippen LogP contribution in [0.3, 0.4) is 0 Å². The zero-order valence-corrected chi connectivity index (χ0v) is 12.0. The first kappa shape index (κ1) is 15.8. The molecule has 0 fully saturated rings. The molecule has 1 atom stereocenters. The highest BCUT2D eigenvalue weighted by Gasteiger charge is 2.24. The van der Waals surface area contributed by atoms with E-state index in [4.69, 9.17) is 0 Å². The Labute approximate surface area is 106 Å². The van der Waals surface area contributed by atoms with Crippen LogP contribution in [-0.4, -0.2) is 18.1 Å². The number of allylic oxidation sites excluding steroid dienone is 2. The normalized spacial score (nSPS) is 25.5. The van der Waals surface area contributed by atoms with Crippen molar-refractivity contribution in [2.45, 2.75) is 59.4 Å². The maximum atomic E-state index is 4.43. The second-order valence-electron chi connectivity index (χ2n) is 3.94. The third-order valence-corrected chi connectivity index (χ3v) is 2.67. The van der Waals surface area contributed by atoms with E-state index < -0.39 is 0 Å². The average molecular weight is 234 g/mol. The second kappa shape index (κ2) is 7.99. The molecule has 1 heterocycles. The van der Waals surface area contributed by atoms with Gasteiger partial charge in [-0.1, -0.05) is 34.3 Å². The number of rotatable bonds is 0. The summed E-state index contributed by atoms with van der Waals surface area (Å²) in [6, 6.07) is 0. The predicted octanol–water partition coefficient (Wildman–Crippen LogP) is 4.58. The van der Waals surface area contributed by atoms with Gasteiger partial charge in [-0.15, -0.1) is 0 Å². The van der Waals surface area contributed by atoms with Crippen molar-refractivity contribution in [1.29, 1.82) is 0 Å². The maximum absolute atomic E-state index is 4.43. The van der Waals surface area contributed by atoms with E-state index in [1.165, 1.54) is 12.0 Å². The zero-order chi connectivity index (χ0) is 13.3. The van der Waals surface area contributed by atoms with E-state index in [0.29, 0.717) is 0 Å². The summed E-state index contributed by atoms with van der Waals surface area (Å²) in [6.07, 6.45) is 9.04. The molecule has 2 aliphatic rings. The molecule has 1 unspecified atom stereocenters. The quantitative estimate of drug-likeness (QED) is 0.586. The molecule has 17 heavy (non-hydrogen) atoms. The number of aliphatic imine (C=N–C) groups is 2. The SMILES string of the molecule is C=C1CCCC2(C)C=C1C=NC=N2.CC.CC. The lowest BCUT2D eigenvalue weighted by molar-refractivity contribution is 0.524. The fourth-order valence-corrected chi connectivity index (χ4v) is 1.82. The third kappa shape index (κ3) is 4.68. The van der Waals surface area contributed by atoms with Gasteiger partial charge in [-0.2, -0.15) is 0 Å². The minimum atomic E-state index is -0.0503. The number of hydrogen-bond donors (Lipinski definition) is 0. The van der Waals surface area contributed by atoms with Crippen molar-refractivity contribution in [2.75, 3.05) is 0 Å². The Kier molecular flexibility index (Phi) is 7.44. The van der Waals surface area contributed by atoms with Crippen LogP contribution >= 0.6 is 0 Å². The van der Waals surface area contributed by atoms with Gasteiger partial charge in [0.2, 0.25) is 0 Å². The van der Waals surface area contributed by atoms with Crippen molar-refractivity contribution in [1.82, 2.24) is 0 Å². The van der Waals surface area contributed by atoms with E-state index in [2.05, 4.69) is 29.6 Å². The molecule has 1 aliphatic heterocycles. The van der Waals surface area contributed by atoms with Crippen molar-refractivity contribution in [3.8, 4) is 0 Å². The molecule has 2 rings (SSSR count). The highest BCUT2D eigenvalue weighted by Crippen LogP contribution is 2.30. The largest absolute Gasteiger partial charge is 0.263 e. The lowest BCUT2D eigenvalue weighted by atomic mass is 9.96. The molecule has 1 aliphatic carbocycles. The van der Waals surface area contributed by atoms with Gasteiger partial charge in [0.15, 0.2) is 0 Å². The van der Waals surface area contributed by atoms with Crippen molar-refractivity contribution >= 4 is 12.6 Å². The lowest BCUT2D eigenvalue weighted by Crippen LogP contribution is -2.17. The van der Waals surface area contributed by atoms with Crippen molar-refractivity contribution < 1.29 is 0 Å². The molecule has 0 radical (unpaired) electrons. The van der Waals surface area contributed by atoms with E-state index in [9.17, 15) is 0 Å². The summed E-state index contributed by atoms with van der Waals surface area (Å²) in [4.78, 5) is 8.53. The van der Waals surface area contributed by atoms with E-state index in [1.54, 1.807) is 6.34 Å². The van der Waals surface area contributed by atoms with Gasteiger partial charge in [-0.3, -0.25) is 4.99 Å². The minimum absolute atomic E-state index is 0.0503. The molecule has 96 valence electrons. The van der Waals surface area contributed by atoms with E-state index in [1.807, 2.05) is 33.9 Å². The van der Waals surface area contributed by atoms with Crippen molar-refractivity contribution in [3.63, 3.8) is 0 Å². The fourth-order valence-electron chi connectivity index (χ4n) is 1.82. The molecule has 2 bridgehead atoms. The number of hydrogen-bond acceptors (Lipinski definition) is 2. The molecular formula is C15H26N2. The van der Waals surface area contributed by atoms with Gasteiger partial charge in [0.05, 0.1) is 5.54 Å². The van der Waals surface area contributed by atoms with E-state index in [-0.39, 0.29) is 5.54 Å². The summed E-state index contributed by atoms with van der Waals surface area (Å²) in [5.74, 6) is 0. The maximum Gasteiger partial charge on any atom is 0.110 e. The van der Waals surface area contributed by atoms with Gasteiger partial charge >= 0.3 is 0 Å². The minimum Gasteiger partial charge on any atom is -0.263 e. The molecule has 0 aromatic rings. The van der Waals surface area contributed by atoms with E-state index in [0.717, 1.165) is 18.4 Å². The zero-order valence-electron chi connectivity index (χ0n) is 12.0. The van der Waals surface area contributed by atoms with Crippen LogP contribution in [0.1, 0.15) is 53.9 Å². The van der Waals surface area contributed by atoms with Crippen LogP contribution in [0.4, 0.5) is 0 Å². The Morgan fingerprint density at radius 3 is 2.53 bits per heavy atom. The summed E-state index contributed by atoms with van der Waals surface area (Å²) >= 11 is 0. The van der Waals surface area contributed by atoms with Crippen LogP contribution in [0.25, 0.3) is 0 Å². The summed E-state index contributed by atoms with van der Waals surface area (Å²) < 4.78 is 0. The Morgan fingerprint density at radius 2 is 1.88 bits per heavy atom. The fraction of sp³-hybridized carbons (Fsp3) is 0.600. The summed E-state index contributed by atoms with van der Waals surface area (Å²) in [6.45, 7) is 14.2. The smallest absolute Gasteiger partial charge is 0.110 e. The van der Waals surface area contributed by atoms with Crippen LogP contribution < -0.4 is 0 Å². The summed E-state index contributed by atoms with van der Waals surface area (Å²) in [5, 5.41) is 0. The highest BCUT2D eigenvalue weighted by molar-refractivity contribution is 5.90. The molecule has 0 amide bonds. The lowest BCUT2D eigenvalue weighted by Gasteiger charge is -2.18. The Bertz CT molecular complexity index is 324. The first-order valence-corrected chi connectivity index (χ1v) is 6.67. The van der Waals surface area contributed by atoms with Gasteiger partial charge in [0.25, 0.3) is 0 Å². The van der Waals surface area contributed by atoms with Gasteiger partial charge in [0, 0.05) is 6.21 Å². The van der Waals surface area contributed by atoms with Crippen LogP contribution in [0.5, 0.6) is 0 Å². The Hall–Kier alpha value is -1.18. The Morgan fingerprint density at radius 1 is 1.24 bits per heavy atom. The van der Waals surface area contributed by atoms with Gasteiger partial charge in [0.1, 0.15) is 6.34 Å². The van der Waals surface area contributed by atoms with E-state index >= 15 is 0 Å². The Balaban J connectivity index is 0.000000581. The second-order valence-corrected chi connectivity index (χ2v) is 3.94. The van der Waals surface area contributed by atoms with Gasteiger partial charge < -0.3 is 0 Å². The standard InChI is InChI=1S/C11H14N2.2C2H6/c1-9-4-3-5-11(2)6-10(9)7-12-8-13-11;2*1-2/h6-8H,1,3-5H2,2H3;2*1-2H3. The number of fused-ring (bicyclic) bond motifs is 1. The molecule has 0 saturated carbocycles. The molecule has 2 heteroatoms. The monoisotopic (exact) mass is 234 g/mol. The summed E-state index contributed by atoms with van der Waals surface area (Å²) in [7, 11) is 0. The third-order valence-electron chi connectivity index (χ3n) is 2.67.